The number of hydrogen-bond donors (Lipinski definition) is 0. The summed E-state index contributed by atoms with van der Waals surface area (Å²) in [6, 6.07) is 12.3. The molecule has 0 radical (unpaired) electrons. The van der Waals surface area contributed by atoms with Gasteiger partial charge in [0.2, 0.25) is 0 Å². The summed E-state index contributed by atoms with van der Waals surface area (Å²) < 4.78 is 7.04. The molecule has 0 aliphatic heterocycles. The lowest BCUT2D eigenvalue weighted by Gasteiger charge is -1.89. The van der Waals surface area contributed by atoms with Gasteiger partial charge in [0.15, 0.2) is 5.58 Å². The van der Waals surface area contributed by atoms with Crippen LogP contribution in [0.5, 0.6) is 0 Å². The van der Waals surface area contributed by atoms with Gasteiger partial charge in [-0.05, 0) is 18.2 Å². The third-order valence-corrected chi connectivity index (χ3v) is 3.64. The van der Waals surface area contributed by atoms with Crippen molar-refractivity contribution in [2.24, 2.45) is 0 Å². The van der Waals surface area contributed by atoms with Crippen molar-refractivity contribution in [1.29, 1.82) is 0 Å². The molecule has 0 saturated heterocycles. The monoisotopic (exact) mass is 225 g/mol. The lowest BCUT2D eigenvalue weighted by atomic mass is 10.1. The van der Waals surface area contributed by atoms with Crippen LogP contribution in [0.1, 0.15) is 0 Å². The molecule has 0 amide bonds. The molecule has 0 atom stereocenters. The molecular formula is C13H7NOS. The quantitative estimate of drug-likeness (QED) is 0.448. The number of nitrogens with zero attached hydrogens (tertiary/aromatic N) is 1. The minimum Gasteiger partial charge on any atom is -0.454 e. The molecule has 0 bridgehead atoms. The summed E-state index contributed by atoms with van der Waals surface area (Å²) >= 11 is 1.64. The Balaban J connectivity index is 2.38. The van der Waals surface area contributed by atoms with E-state index in [1.54, 1.807) is 11.3 Å². The Morgan fingerprint density at radius 2 is 1.94 bits per heavy atom. The maximum Gasteiger partial charge on any atom is 0.162 e. The van der Waals surface area contributed by atoms with Crippen LogP contribution in [0.15, 0.2) is 46.3 Å². The highest BCUT2D eigenvalue weighted by atomic mass is 32.1. The number of rotatable bonds is 0. The fourth-order valence-corrected chi connectivity index (χ4v) is 2.79. The number of fused-ring (bicyclic) bond motifs is 5. The molecule has 3 heteroatoms. The Kier molecular flexibility index (Phi) is 1.47. The maximum absolute atomic E-state index is 5.87. The average molecular weight is 225 g/mol. The van der Waals surface area contributed by atoms with Crippen LogP contribution in [0.25, 0.3) is 32.2 Å². The standard InChI is InChI=1S/C13H7NOS/c1-2-4-10-8(3-1)9-5-6-11-12(13(9)15-10)14-7-16-11/h1-7H. The van der Waals surface area contributed by atoms with Gasteiger partial charge in [0.25, 0.3) is 0 Å². The van der Waals surface area contributed by atoms with E-state index >= 15 is 0 Å². The number of para-hydroxylation sites is 1. The molecule has 0 unspecified atom stereocenters. The lowest BCUT2D eigenvalue weighted by Crippen LogP contribution is -1.68. The largest absolute Gasteiger partial charge is 0.454 e. The van der Waals surface area contributed by atoms with E-state index < -0.39 is 0 Å². The van der Waals surface area contributed by atoms with Crippen molar-refractivity contribution in [3.63, 3.8) is 0 Å². The number of aromatic nitrogens is 1. The zero-order valence-corrected chi connectivity index (χ0v) is 9.12. The van der Waals surface area contributed by atoms with Crippen molar-refractivity contribution in [2.75, 3.05) is 0 Å². The van der Waals surface area contributed by atoms with Crippen molar-refractivity contribution in [3.8, 4) is 0 Å². The molecule has 0 spiro atoms. The normalized spacial score (nSPS) is 11.8. The van der Waals surface area contributed by atoms with E-state index in [0.29, 0.717) is 0 Å². The first-order valence-electron chi connectivity index (χ1n) is 5.07. The predicted molar refractivity (Wildman–Crippen MR) is 66.9 cm³/mol. The molecule has 2 heterocycles. The Labute approximate surface area is 95.1 Å². The summed E-state index contributed by atoms with van der Waals surface area (Å²) in [5.74, 6) is 0. The van der Waals surface area contributed by atoms with Crippen molar-refractivity contribution in [1.82, 2.24) is 4.98 Å². The molecule has 0 fully saturated rings. The Hall–Kier alpha value is -1.87. The van der Waals surface area contributed by atoms with E-state index in [0.717, 1.165) is 27.5 Å². The van der Waals surface area contributed by atoms with Gasteiger partial charge in [-0.25, -0.2) is 4.98 Å². The van der Waals surface area contributed by atoms with Gasteiger partial charge in [-0.2, -0.15) is 0 Å². The van der Waals surface area contributed by atoms with E-state index in [-0.39, 0.29) is 0 Å². The van der Waals surface area contributed by atoms with E-state index in [1.165, 1.54) is 4.70 Å². The highest BCUT2D eigenvalue weighted by Gasteiger charge is 2.10. The van der Waals surface area contributed by atoms with Gasteiger partial charge in [-0.15, -0.1) is 11.3 Å². The third kappa shape index (κ3) is 0.933. The molecule has 2 aromatic heterocycles. The molecule has 2 nitrogen and oxygen atoms in total. The average Bonchev–Trinajstić information content (AvgIpc) is 2.92. The van der Waals surface area contributed by atoms with Crippen molar-refractivity contribution >= 4 is 43.5 Å². The van der Waals surface area contributed by atoms with Crippen LogP contribution in [-0.2, 0) is 0 Å². The zero-order valence-electron chi connectivity index (χ0n) is 8.31. The Bertz CT molecular complexity index is 812. The second-order valence-corrected chi connectivity index (χ2v) is 4.63. The molecule has 0 saturated carbocycles. The molecular weight excluding hydrogens is 218 g/mol. The number of furan rings is 1. The maximum atomic E-state index is 5.87. The van der Waals surface area contributed by atoms with Crippen molar-refractivity contribution in [3.05, 3.63) is 41.9 Å². The fourth-order valence-electron chi connectivity index (χ4n) is 2.11. The van der Waals surface area contributed by atoms with Crippen LogP contribution in [0.3, 0.4) is 0 Å². The smallest absolute Gasteiger partial charge is 0.162 e. The highest BCUT2D eigenvalue weighted by molar-refractivity contribution is 7.16. The first-order chi connectivity index (χ1) is 7.93. The molecule has 0 N–H and O–H groups in total. The second-order valence-electron chi connectivity index (χ2n) is 3.74. The summed E-state index contributed by atoms with van der Waals surface area (Å²) in [5, 5.41) is 2.31. The zero-order chi connectivity index (χ0) is 10.5. The minimum absolute atomic E-state index is 0.903. The SMILES string of the molecule is c1ccc2c(c1)oc1c2ccc2scnc21. The Morgan fingerprint density at radius 1 is 1.00 bits per heavy atom. The van der Waals surface area contributed by atoms with Gasteiger partial charge >= 0.3 is 0 Å². The van der Waals surface area contributed by atoms with E-state index in [9.17, 15) is 0 Å². The van der Waals surface area contributed by atoms with E-state index in [2.05, 4.69) is 23.2 Å². The molecule has 16 heavy (non-hydrogen) atoms. The van der Waals surface area contributed by atoms with Crippen molar-refractivity contribution in [2.45, 2.75) is 0 Å². The van der Waals surface area contributed by atoms with Crippen LogP contribution in [0.2, 0.25) is 0 Å². The topological polar surface area (TPSA) is 26.0 Å². The number of benzene rings is 2. The second kappa shape index (κ2) is 2.83. The third-order valence-electron chi connectivity index (χ3n) is 2.85. The molecule has 0 aliphatic carbocycles. The van der Waals surface area contributed by atoms with Crippen LogP contribution < -0.4 is 0 Å². The van der Waals surface area contributed by atoms with Crippen LogP contribution in [0.4, 0.5) is 0 Å². The summed E-state index contributed by atoms with van der Waals surface area (Å²) in [7, 11) is 0. The Morgan fingerprint density at radius 3 is 2.94 bits per heavy atom. The summed E-state index contributed by atoms with van der Waals surface area (Å²) in [4.78, 5) is 4.37. The minimum atomic E-state index is 0.903. The predicted octanol–water partition coefficient (Wildman–Crippen LogP) is 4.20. The van der Waals surface area contributed by atoms with Gasteiger partial charge < -0.3 is 4.42 Å². The van der Waals surface area contributed by atoms with Crippen LogP contribution in [-0.4, -0.2) is 4.98 Å². The van der Waals surface area contributed by atoms with Crippen LogP contribution >= 0.6 is 11.3 Å². The van der Waals surface area contributed by atoms with Gasteiger partial charge in [0, 0.05) is 10.8 Å². The van der Waals surface area contributed by atoms with Gasteiger partial charge in [0.05, 0.1) is 10.2 Å². The molecule has 4 rings (SSSR count). The highest BCUT2D eigenvalue weighted by Crippen LogP contribution is 2.34. The lowest BCUT2D eigenvalue weighted by molar-refractivity contribution is 0.672. The molecule has 2 aromatic carbocycles. The van der Waals surface area contributed by atoms with E-state index in [4.69, 9.17) is 4.42 Å². The van der Waals surface area contributed by atoms with Gasteiger partial charge in [-0.1, -0.05) is 18.2 Å². The van der Waals surface area contributed by atoms with Crippen LogP contribution in [0, 0.1) is 0 Å². The molecule has 0 aliphatic rings. The van der Waals surface area contributed by atoms with E-state index in [1.807, 2.05) is 23.7 Å². The van der Waals surface area contributed by atoms with Gasteiger partial charge in [-0.3, -0.25) is 0 Å². The summed E-state index contributed by atoms with van der Waals surface area (Å²) in [5.41, 5.74) is 4.66. The first-order valence-corrected chi connectivity index (χ1v) is 5.95. The molecule has 76 valence electrons. The van der Waals surface area contributed by atoms with Gasteiger partial charge in [0.1, 0.15) is 11.1 Å². The number of thiazole rings is 1. The molecule has 4 aromatic rings. The summed E-state index contributed by atoms with van der Waals surface area (Å²) in [6.45, 7) is 0. The fraction of sp³-hybridized carbons (Fsp3) is 0. The van der Waals surface area contributed by atoms with Crippen molar-refractivity contribution < 1.29 is 4.42 Å². The summed E-state index contributed by atoms with van der Waals surface area (Å²) in [6.07, 6.45) is 0. The first kappa shape index (κ1) is 8.30. The number of hydrogen-bond acceptors (Lipinski definition) is 3.